The predicted molar refractivity (Wildman–Crippen MR) is 82.9 cm³/mol. The Labute approximate surface area is 123 Å². The van der Waals surface area contributed by atoms with E-state index in [9.17, 15) is 0 Å². The largest absolute Gasteiger partial charge is 0.370 e. The lowest BCUT2D eigenvalue weighted by Gasteiger charge is -2.11. The first-order valence-corrected chi connectivity index (χ1v) is 6.78. The lowest BCUT2D eigenvalue weighted by Crippen LogP contribution is -2.00. The summed E-state index contributed by atoms with van der Waals surface area (Å²) in [5.74, 6) is 0.821. The minimum atomic E-state index is 0.642. The second kappa shape index (κ2) is 6.13. The lowest BCUT2D eigenvalue weighted by atomic mass is 10.2. The average molecular weight is 296 g/mol. The number of aromatic nitrogens is 1. The van der Waals surface area contributed by atoms with Crippen molar-refractivity contribution in [2.45, 2.75) is 13.8 Å². The molecule has 0 spiro atoms. The number of halogens is 2. The van der Waals surface area contributed by atoms with E-state index >= 15 is 0 Å². The van der Waals surface area contributed by atoms with Gasteiger partial charge in [0.15, 0.2) is 0 Å². The van der Waals surface area contributed by atoms with Gasteiger partial charge in [-0.05, 0) is 37.6 Å². The molecular formula is C14H15Cl2N3. The average Bonchev–Trinajstić information content (AvgIpc) is 2.37. The number of rotatable bonds is 4. The number of aryl methyl sites for hydroxylation is 1. The summed E-state index contributed by atoms with van der Waals surface area (Å²) in [5, 5.41) is 7.73. The molecule has 100 valence electrons. The van der Waals surface area contributed by atoms with Crippen LogP contribution in [0.1, 0.15) is 12.5 Å². The molecule has 0 amide bonds. The van der Waals surface area contributed by atoms with E-state index in [1.165, 1.54) is 0 Å². The van der Waals surface area contributed by atoms with Crippen LogP contribution in [-0.2, 0) is 0 Å². The molecule has 2 N–H and O–H groups in total. The zero-order valence-electron chi connectivity index (χ0n) is 10.8. The highest BCUT2D eigenvalue weighted by atomic mass is 35.5. The molecule has 0 saturated carbocycles. The molecule has 19 heavy (non-hydrogen) atoms. The van der Waals surface area contributed by atoms with Crippen LogP contribution >= 0.6 is 23.2 Å². The van der Waals surface area contributed by atoms with Crippen molar-refractivity contribution in [1.82, 2.24) is 4.98 Å². The minimum absolute atomic E-state index is 0.642. The molecule has 0 saturated heterocycles. The second-order valence-corrected chi connectivity index (χ2v) is 4.98. The van der Waals surface area contributed by atoms with Crippen molar-refractivity contribution in [1.29, 1.82) is 0 Å². The minimum Gasteiger partial charge on any atom is -0.370 e. The van der Waals surface area contributed by atoms with Gasteiger partial charge in [0.2, 0.25) is 0 Å². The standard InChI is InChI=1S/C14H15Cl2N3/c1-3-17-14-7-10(4-5-18-14)19-13-8-11(15)9(2)6-12(13)16/h4-8H,3H2,1-2H3,(H2,17,18,19). The Kier molecular flexibility index (Phi) is 4.51. The number of benzene rings is 1. The Bertz CT molecular complexity index is 585. The van der Waals surface area contributed by atoms with E-state index in [2.05, 4.69) is 15.6 Å². The summed E-state index contributed by atoms with van der Waals surface area (Å²) in [6, 6.07) is 7.48. The van der Waals surface area contributed by atoms with Gasteiger partial charge in [-0.2, -0.15) is 0 Å². The SMILES string of the molecule is CCNc1cc(Nc2cc(Cl)c(C)cc2Cl)ccn1. The fourth-order valence-corrected chi connectivity index (χ4v) is 2.11. The Hall–Kier alpha value is -1.45. The van der Waals surface area contributed by atoms with Crippen molar-refractivity contribution in [3.8, 4) is 0 Å². The van der Waals surface area contributed by atoms with Gasteiger partial charge in [-0.3, -0.25) is 0 Å². The summed E-state index contributed by atoms with van der Waals surface area (Å²) in [6.07, 6.45) is 1.74. The van der Waals surface area contributed by atoms with Crippen molar-refractivity contribution in [2.24, 2.45) is 0 Å². The van der Waals surface area contributed by atoms with Crippen LogP contribution in [0.3, 0.4) is 0 Å². The molecule has 0 atom stereocenters. The molecule has 0 aliphatic rings. The normalized spacial score (nSPS) is 10.3. The molecule has 1 aromatic carbocycles. The summed E-state index contributed by atoms with van der Waals surface area (Å²) in [6.45, 7) is 4.78. The van der Waals surface area contributed by atoms with Crippen LogP contribution in [0.5, 0.6) is 0 Å². The number of hydrogen-bond acceptors (Lipinski definition) is 3. The molecule has 1 aromatic heterocycles. The summed E-state index contributed by atoms with van der Waals surface area (Å²) >= 11 is 12.3. The fourth-order valence-electron chi connectivity index (χ4n) is 1.68. The number of anilines is 3. The Balaban J connectivity index is 2.25. The summed E-state index contributed by atoms with van der Waals surface area (Å²) < 4.78 is 0. The molecule has 0 radical (unpaired) electrons. The van der Waals surface area contributed by atoms with Gasteiger partial charge < -0.3 is 10.6 Å². The topological polar surface area (TPSA) is 37.0 Å². The third-order valence-electron chi connectivity index (χ3n) is 2.65. The van der Waals surface area contributed by atoms with E-state index in [0.717, 1.165) is 29.3 Å². The van der Waals surface area contributed by atoms with Crippen molar-refractivity contribution >= 4 is 40.4 Å². The maximum Gasteiger partial charge on any atom is 0.127 e. The predicted octanol–water partition coefficient (Wildman–Crippen LogP) is 4.87. The van der Waals surface area contributed by atoms with Crippen LogP contribution in [0, 0.1) is 6.92 Å². The maximum atomic E-state index is 6.20. The quantitative estimate of drug-likeness (QED) is 0.845. The van der Waals surface area contributed by atoms with E-state index in [1.54, 1.807) is 6.20 Å². The molecule has 2 rings (SSSR count). The van der Waals surface area contributed by atoms with Crippen LogP contribution in [0.25, 0.3) is 0 Å². The highest BCUT2D eigenvalue weighted by Crippen LogP contribution is 2.31. The Morgan fingerprint density at radius 1 is 1.16 bits per heavy atom. The summed E-state index contributed by atoms with van der Waals surface area (Å²) in [7, 11) is 0. The van der Waals surface area contributed by atoms with Crippen molar-refractivity contribution in [3.63, 3.8) is 0 Å². The van der Waals surface area contributed by atoms with Crippen LogP contribution in [0.2, 0.25) is 10.0 Å². The van der Waals surface area contributed by atoms with E-state index < -0.39 is 0 Å². The number of nitrogens with one attached hydrogen (secondary N) is 2. The van der Waals surface area contributed by atoms with E-state index in [4.69, 9.17) is 23.2 Å². The molecule has 3 nitrogen and oxygen atoms in total. The van der Waals surface area contributed by atoms with Gasteiger partial charge in [0.25, 0.3) is 0 Å². The Morgan fingerprint density at radius 2 is 1.95 bits per heavy atom. The molecular weight excluding hydrogens is 281 g/mol. The van der Waals surface area contributed by atoms with Crippen LogP contribution < -0.4 is 10.6 Å². The second-order valence-electron chi connectivity index (χ2n) is 4.17. The first-order chi connectivity index (χ1) is 9.10. The molecule has 0 aliphatic heterocycles. The third kappa shape index (κ3) is 3.52. The molecule has 0 unspecified atom stereocenters. The van der Waals surface area contributed by atoms with Gasteiger partial charge in [-0.25, -0.2) is 4.98 Å². The fraction of sp³-hybridized carbons (Fsp3) is 0.214. The number of pyridine rings is 1. The molecule has 0 fully saturated rings. The molecule has 5 heteroatoms. The van der Waals surface area contributed by atoms with Gasteiger partial charge in [0, 0.05) is 29.5 Å². The van der Waals surface area contributed by atoms with E-state index in [0.29, 0.717) is 10.0 Å². The lowest BCUT2D eigenvalue weighted by molar-refractivity contribution is 1.16. The molecule has 0 bridgehead atoms. The zero-order valence-corrected chi connectivity index (χ0v) is 12.3. The maximum absolute atomic E-state index is 6.20. The third-order valence-corrected chi connectivity index (χ3v) is 3.37. The van der Waals surface area contributed by atoms with E-state index in [1.807, 2.05) is 38.1 Å². The summed E-state index contributed by atoms with van der Waals surface area (Å²) in [4.78, 5) is 4.21. The van der Waals surface area contributed by atoms with Crippen molar-refractivity contribution in [3.05, 3.63) is 46.1 Å². The summed E-state index contributed by atoms with van der Waals surface area (Å²) in [5.41, 5.74) is 2.65. The smallest absolute Gasteiger partial charge is 0.127 e. The van der Waals surface area contributed by atoms with E-state index in [-0.39, 0.29) is 0 Å². The van der Waals surface area contributed by atoms with Gasteiger partial charge in [-0.15, -0.1) is 0 Å². The number of nitrogens with zero attached hydrogens (tertiary/aromatic N) is 1. The zero-order chi connectivity index (χ0) is 13.8. The molecule has 2 aromatic rings. The molecule has 1 heterocycles. The van der Waals surface area contributed by atoms with Gasteiger partial charge in [0.05, 0.1) is 10.7 Å². The Morgan fingerprint density at radius 3 is 2.68 bits per heavy atom. The highest BCUT2D eigenvalue weighted by molar-refractivity contribution is 6.35. The van der Waals surface area contributed by atoms with Crippen LogP contribution in [-0.4, -0.2) is 11.5 Å². The highest BCUT2D eigenvalue weighted by Gasteiger charge is 2.05. The first-order valence-electron chi connectivity index (χ1n) is 6.02. The van der Waals surface area contributed by atoms with Crippen LogP contribution in [0.4, 0.5) is 17.2 Å². The first kappa shape index (κ1) is 14.0. The van der Waals surface area contributed by atoms with Gasteiger partial charge >= 0.3 is 0 Å². The molecule has 0 aliphatic carbocycles. The van der Waals surface area contributed by atoms with Gasteiger partial charge in [-0.1, -0.05) is 23.2 Å². The van der Waals surface area contributed by atoms with Gasteiger partial charge in [0.1, 0.15) is 5.82 Å². The van der Waals surface area contributed by atoms with Crippen molar-refractivity contribution < 1.29 is 0 Å². The van der Waals surface area contributed by atoms with Crippen LogP contribution in [0.15, 0.2) is 30.5 Å². The van der Waals surface area contributed by atoms with Crippen molar-refractivity contribution in [2.75, 3.05) is 17.2 Å². The monoisotopic (exact) mass is 295 g/mol. The number of hydrogen-bond donors (Lipinski definition) is 2.